The van der Waals surface area contributed by atoms with Crippen molar-refractivity contribution < 1.29 is 14.6 Å². The molecule has 0 bridgehead atoms. The summed E-state index contributed by atoms with van der Waals surface area (Å²) in [5, 5.41) is 16.0. The van der Waals surface area contributed by atoms with Gasteiger partial charge in [-0.15, -0.1) is 0 Å². The quantitative estimate of drug-likeness (QED) is 0.362. The Morgan fingerprint density at radius 2 is 1.94 bits per heavy atom. The average molecular weight is 476 g/mol. The monoisotopic (exact) mass is 475 g/mol. The van der Waals surface area contributed by atoms with Gasteiger partial charge in [-0.05, 0) is 12.1 Å². The molecule has 0 aromatic carbocycles. The molecule has 4 aromatic rings. The molecule has 12 heteroatoms. The van der Waals surface area contributed by atoms with Crippen LogP contribution in [0, 0.1) is 0 Å². The number of carboxylic acid groups (broad SMARTS) is 1. The van der Waals surface area contributed by atoms with E-state index in [2.05, 4.69) is 40.5 Å². The van der Waals surface area contributed by atoms with E-state index in [1.54, 1.807) is 32.0 Å². The van der Waals surface area contributed by atoms with Crippen LogP contribution in [-0.2, 0) is 18.3 Å². The van der Waals surface area contributed by atoms with Gasteiger partial charge in [0.1, 0.15) is 11.2 Å². The van der Waals surface area contributed by atoms with Crippen molar-refractivity contribution in [3.63, 3.8) is 0 Å². The summed E-state index contributed by atoms with van der Waals surface area (Å²) in [7, 11) is 3.56. The Hall–Kier alpha value is -4.16. The third-order valence-electron chi connectivity index (χ3n) is 5.81. The number of aryl methyl sites for hydroxylation is 1. The topological polar surface area (TPSA) is 143 Å². The summed E-state index contributed by atoms with van der Waals surface area (Å²) >= 11 is 0. The number of hydrogen-bond donors (Lipinski definition) is 3. The number of morpholine rings is 1. The number of fused-ring (bicyclic) bond motifs is 1. The van der Waals surface area contributed by atoms with Crippen LogP contribution in [0.3, 0.4) is 0 Å². The van der Waals surface area contributed by atoms with Crippen molar-refractivity contribution in [2.75, 3.05) is 44.0 Å². The van der Waals surface area contributed by atoms with Crippen LogP contribution in [0.4, 0.5) is 17.3 Å². The van der Waals surface area contributed by atoms with Crippen molar-refractivity contribution in [2.24, 2.45) is 7.05 Å². The molecule has 0 amide bonds. The zero-order valence-corrected chi connectivity index (χ0v) is 19.4. The van der Waals surface area contributed by atoms with Crippen molar-refractivity contribution in [1.82, 2.24) is 34.4 Å². The Bertz CT molecular complexity index is 1360. The molecule has 0 unspecified atom stereocenters. The van der Waals surface area contributed by atoms with Crippen molar-refractivity contribution in [3.05, 3.63) is 48.4 Å². The van der Waals surface area contributed by atoms with E-state index in [1.807, 2.05) is 23.7 Å². The SMILES string of the molecule is CNc1nc(Nc2ccc(CN3CCOCC3)nc2)c(C(=O)O)nc1-c1cncc2c1ncn2C. The third kappa shape index (κ3) is 4.61. The number of ether oxygens (including phenoxy) is 1. The van der Waals surface area contributed by atoms with E-state index >= 15 is 0 Å². The summed E-state index contributed by atoms with van der Waals surface area (Å²) in [6.07, 6.45) is 6.64. The second-order valence-electron chi connectivity index (χ2n) is 8.14. The average Bonchev–Trinajstić information content (AvgIpc) is 3.26. The van der Waals surface area contributed by atoms with Gasteiger partial charge in [-0.2, -0.15) is 0 Å². The maximum Gasteiger partial charge on any atom is 0.358 e. The highest BCUT2D eigenvalue weighted by molar-refractivity contribution is 5.97. The first-order valence-corrected chi connectivity index (χ1v) is 11.1. The molecule has 1 saturated heterocycles. The molecule has 1 fully saturated rings. The summed E-state index contributed by atoms with van der Waals surface area (Å²) in [5.41, 5.74) is 3.71. The van der Waals surface area contributed by atoms with E-state index in [1.165, 1.54) is 0 Å². The van der Waals surface area contributed by atoms with Gasteiger partial charge in [-0.25, -0.2) is 19.7 Å². The van der Waals surface area contributed by atoms with Crippen molar-refractivity contribution in [1.29, 1.82) is 0 Å². The van der Waals surface area contributed by atoms with Crippen LogP contribution in [0.1, 0.15) is 16.2 Å². The minimum Gasteiger partial charge on any atom is -0.476 e. The Balaban J connectivity index is 1.46. The standard InChI is InChI=1S/C23H25N9O3/c1-24-21-19(16-10-25-11-17-18(16)27-13-31(17)2)29-20(23(33)34)22(30-21)28-14-3-4-15(26-9-14)12-32-5-7-35-8-6-32/h3-4,9-11,13H,5-8,12H2,1-2H3,(H,33,34)(H2,24,28,30). The molecule has 5 heterocycles. The second-order valence-corrected chi connectivity index (χ2v) is 8.14. The van der Waals surface area contributed by atoms with Gasteiger partial charge in [0.05, 0.1) is 54.4 Å². The molecule has 5 rings (SSSR count). The lowest BCUT2D eigenvalue weighted by Gasteiger charge is -2.26. The van der Waals surface area contributed by atoms with Crippen molar-refractivity contribution in [3.8, 4) is 11.3 Å². The van der Waals surface area contributed by atoms with Crippen LogP contribution >= 0.6 is 0 Å². The van der Waals surface area contributed by atoms with Gasteiger partial charge in [-0.1, -0.05) is 0 Å². The number of carbonyl (C=O) groups is 1. The highest BCUT2D eigenvalue weighted by Crippen LogP contribution is 2.32. The molecule has 1 aliphatic heterocycles. The molecule has 0 radical (unpaired) electrons. The number of imidazole rings is 1. The first-order valence-electron chi connectivity index (χ1n) is 11.1. The lowest BCUT2D eigenvalue weighted by atomic mass is 10.1. The van der Waals surface area contributed by atoms with Gasteiger partial charge in [0.15, 0.2) is 17.3 Å². The number of hydrogen-bond acceptors (Lipinski definition) is 10. The number of anilines is 3. The molecule has 0 aliphatic carbocycles. The smallest absolute Gasteiger partial charge is 0.358 e. The third-order valence-corrected chi connectivity index (χ3v) is 5.81. The molecule has 0 atom stereocenters. The molecule has 12 nitrogen and oxygen atoms in total. The number of carboxylic acids is 1. The fraction of sp³-hybridized carbons (Fsp3) is 0.304. The Labute approximate surface area is 201 Å². The molecule has 0 spiro atoms. The van der Waals surface area contributed by atoms with Gasteiger partial charge in [0, 0.05) is 39.9 Å². The predicted octanol–water partition coefficient (Wildman–Crippen LogP) is 2.14. The summed E-state index contributed by atoms with van der Waals surface area (Å²) in [6.45, 7) is 3.94. The van der Waals surface area contributed by atoms with Gasteiger partial charge in [0.25, 0.3) is 0 Å². The van der Waals surface area contributed by atoms with E-state index < -0.39 is 5.97 Å². The molecule has 0 saturated carbocycles. The van der Waals surface area contributed by atoms with Crippen LogP contribution < -0.4 is 10.6 Å². The Kier molecular flexibility index (Phi) is 6.21. The van der Waals surface area contributed by atoms with E-state index in [9.17, 15) is 9.90 Å². The molecule has 35 heavy (non-hydrogen) atoms. The van der Waals surface area contributed by atoms with Crippen molar-refractivity contribution >= 4 is 34.3 Å². The number of nitrogens with one attached hydrogen (secondary N) is 2. The first kappa shape index (κ1) is 22.6. The molecule has 4 aromatic heterocycles. The summed E-state index contributed by atoms with van der Waals surface area (Å²) < 4.78 is 7.22. The molecular weight excluding hydrogens is 450 g/mol. The van der Waals surface area contributed by atoms with Gasteiger partial charge >= 0.3 is 5.97 Å². The zero-order valence-electron chi connectivity index (χ0n) is 19.4. The van der Waals surface area contributed by atoms with Crippen LogP contribution in [-0.4, -0.2) is 78.8 Å². The number of nitrogens with zero attached hydrogens (tertiary/aromatic N) is 7. The van der Waals surface area contributed by atoms with Crippen molar-refractivity contribution in [2.45, 2.75) is 6.54 Å². The number of aromatic nitrogens is 6. The normalized spacial score (nSPS) is 14.2. The van der Waals surface area contributed by atoms with Crippen LogP contribution in [0.5, 0.6) is 0 Å². The Morgan fingerprint density at radius 3 is 2.66 bits per heavy atom. The highest BCUT2D eigenvalue weighted by Gasteiger charge is 2.22. The first-order chi connectivity index (χ1) is 17.0. The number of rotatable bonds is 7. The summed E-state index contributed by atoms with van der Waals surface area (Å²) in [4.78, 5) is 36.6. The minimum atomic E-state index is -1.21. The second kappa shape index (κ2) is 9.60. The fourth-order valence-corrected chi connectivity index (χ4v) is 3.97. The largest absolute Gasteiger partial charge is 0.476 e. The maximum absolute atomic E-state index is 12.1. The maximum atomic E-state index is 12.1. The van der Waals surface area contributed by atoms with Crippen LogP contribution in [0.15, 0.2) is 37.1 Å². The van der Waals surface area contributed by atoms with E-state index in [4.69, 9.17) is 4.74 Å². The van der Waals surface area contributed by atoms with Crippen LogP contribution in [0.25, 0.3) is 22.3 Å². The summed E-state index contributed by atoms with van der Waals surface area (Å²) in [5.74, 6) is -0.703. The van der Waals surface area contributed by atoms with E-state index in [-0.39, 0.29) is 11.5 Å². The predicted molar refractivity (Wildman–Crippen MR) is 130 cm³/mol. The minimum absolute atomic E-state index is 0.106. The van der Waals surface area contributed by atoms with Crippen LogP contribution in [0.2, 0.25) is 0 Å². The van der Waals surface area contributed by atoms with Gasteiger partial charge in [-0.3, -0.25) is 14.9 Å². The molecular formula is C23H25N9O3. The van der Waals surface area contributed by atoms with E-state index in [0.717, 1.165) is 44.1 Å². The van der Waals surface area contributed by atoms with E-state index in [0.29, 0.717) is 28.3 Å². The highest BCUT2D eigenvalue weighted by atomic mass is 16.5. The lowest BCUT2D eigenvalue weighted by Crippen LogP contribution is -2.35. The molecule has 180 valence electrons. The lowest BCUT2D eigenvalue weighted by molar-refractivity contribution is 0.0336. The zero-order chi connectivity index (χ0) is 24.4. The van der Waals surface area contributed by atoms with Gasteiger partial charge in [0.2, 0.25) is 0 Å². The number of pyridine rings is 2. The molecule has 1 aliphatic rings. The number of aromatic carboxylic acids is 1. The summed E-state index contributed by atoms with van der Waals surface area (Å²) in [6, 6.07) is 3.76. The molecule has 3 N–H and O–H groups in total. The Morgan fingerprint density at radius 1 is 1.11 bits per heavy atom. The van der Waals surface area contributed by atoms with Gasteiger partial charge < -0.3 is 25.0 Å². The fourth-order valence-electron chi connectivity index (χ4n) is 3.97.